The number of hydrogen-bond donors (Lipinski definition) is 1. The van der Waals surface area contributed by atoms with Crippen molar-refractivity contribution in [2.75, 3.05) is 7.05 Å². The van der Waals surface area contributed by atoms with Crippen LogP contribution in [0.4, 0.5) is 4.39 Å². The topological polar surface area (TPSA) is 29.1 Å². The Kier molecular flexibility index (Phi) is 2.89. The molecule has 0 aromatic heterocycles. The van der Waals surface area contributed by atoms with E-state index in [9.17, 15) is 8.60 Å². The lowest BCUT2D eigenvalue weighted by atomic mass is 10.0. The third-order valence-electron chi connectivity index (χ3n) is 2.85. The van der Waals surface area contributed by atoms with E-state index in [1.165, 1.54) is 12.1 Å². The molecule has 15 heavy (non-hydrogen) atoms. The standard InChI is InChI=1S/C11H14FNOS/c1-7-5-10(13-2)9-6-8(12)3-4-11(9)15(7)14/h3-4,6-7,10,13H,5H2,1-2H3. The molecule has 4 heteroatoms. The van der Waals surface area contributed by atoms with Crippen LogP contribution in [0.5, 0.6) is 0 Å². The average molecular weight is 227 g/mol. The summed E-state index contributed by atoms with van der Waals surface area (Å²) in [5.74, 6) is -0.263. The van der Waals surface area contributed by atoms with Gasteiger partial charge in [-0.25, -0.2) is 4.39 Å². The van der Waals surface area contributed by atoms with Gasteiger partial charge in [-0.05, 0) is 37.2 Å². The molecule has 0 fully saturated rings. The van der Waals surface area contributed by atoms with Crippen LogP contribution < -0.4 is 5.32 Å². The molecule has 2 nitrogen and oxygen atoms in total. The molecule has 0 amide bonds. The van der Waals surface area contributed by atoms with E-state index in [2.05, 4.69) is 5.32 Å². The largest absolute Gasteiger partial charge is 0.313 e. The van der Waals surface area contributed by atoms with Crippen molar-refractivity contribution in [1.29, 1.82) is 0 Å². The van der Waals surface area contributed by atoms with Crippen molar-refractivity contribution in [1.82, 2.24) is 5.32 Å². The molecule has 1 heterocycles. The first-order valence-corrected chi connectivity index (χ1v) is 6.22. The highest BCUT2D eigenvalue weighted by atomic mass is 32.2. The van der Waals surface area contributed by atoms with Crippen molar-refractivity contribution in [3.8, 4) is 0 Å². The van der Waals surface area contributed by atoms with E-state index < -0.39 is 10.8 Å². The Balaban J connectivity index is 2.53. The van der Waals surface area contributed by atoms with Gasteiger partial charge in [-0.1, -0.05) is 6.92 Å². The number of nitrogens with one attached hydrogen (secondary N) is 1. The fourth-order valence-corrected chi connectivity index (χ4v) is 3.45. The zero-order valence-electron chi connectivity index (χ0n) is 8.79. The minimum atomic E-state index is -0.997. The first kappa shape index (κ1) is 10.8. The summed E-state index contributed by atoms with van der Waals surface area (Å²) in [6, 6.07) is 4.62. The van der Waals surface area contributed by atoms with Gasteiger partial charge in [0.25, 0.3) is 0 Å². The van der Waals surface area contributed by atoms with Crippen LogP contribution >= 0.6 is 0 Å². The van der Waals surface area contributed by atoms with Gasteiger partial charge in [0.2, 0.25) is 0 Å². The SMILES string of the molecule is CNC1CC(C)S(=O)c2ccc(F)cc21. The van der Waals surface area contributed by atoms with Crippen molar-refractivity contribution >= 4 is 10.8 Å². The number of halogens is 1. The molecule has 0 saturated carbocycles. The molecule has 0 radical (unpaired) electrons. The van der Waals surface area contributed by atoms with Gasteiger partial charge in [-0.2, -0.15) is 0 Å². The van der Waals surface area contributed by atoms with E-state index in [4.69, 9.17) is 0 Å². The number of fused-ring (bicyclic) bond motifs is 1. The van der Waals surface area contributed by atoms with E-state index in [0.717, 1.165) is 16.9 Å². The normalized spacial score (nSPS) is 29.9. The van der Waals surface area contributed by atoms with Gasteiger partial charge < -0.3 is 5.32 Å². The van der Waals surface area contributed by atoms with E-state index >= 15 is 0 Å². The van der Waals surface area contributed by atoms with Gasteiger partial charge in [-0.3, -0.25) is 4.21 Å². The van der Waals surface area contributed by atoms with Crippen LogP contribution in [0.3, 0.4) is 0 Å². The van der Waals surface area contributed by atoms with Gasteiger partial charge in [0.15, 0.2) is 0 Å². The second-order valence-electron chi connectivity index (χ2n) is 3.87. The minimum absolute atomic E-state index is 0.114. The molecule has 2 rings (SSSR count). The van der Waals surface area contributed by atoms with Gasteiger partial charge >= 0.3 is 0 Å². The van der Waals surface area contributed by atoms with Crippen LogP contribution in [0.2, 0.25) is 0 Å². The third-order valence-corrected chi connectivity index (χ3v) is 4.57. The summed E-state index contributed by atoms with van der Waals surface area (Å²) < 4.78 is 25.1. The first-order valence-electron chi connectivity index (χ1n) is 5.00. The lowest BCUT2D eigenvalue weighted by Gasteiger charge is -2.28. The monoisotopic (exact) mass is 227 g/mol. The molecule has 1 aromatic carbocycles. The molecule has 0 bridgehead atoms. The highest BCUT2D eigenvalue weighted by Gasteiger charge is 2.29. The Labute approximate surface area is 91.3 Å². The number of hydrogen-bond acceptors (Lipinski definition) is 2. The summed E-state index contributed by atoms with van der Waals surface area (Å²) in [6.07, 6.45) is 0.791. The van der Waals surface area contributed by atoms with Crippen molar-refractivity contribution in [3.05, 3.63) is 29.6 Å². The van der Waals surface area contributed by atoms with Gasteiger partial charge in [0.1, 0.15) is 5.82 Å². The van der Waals surface area contributed by atoms with E-state index in [1.54, 1.807) is 6.07 Å². The predicted octanol–water partition coefficient (Wildman–Crippen LogP) is 1.99. The Morgan fingerprint density at radius 3 is 2.93 bits per heavy atom. The maximum atomic E-state index is 13.1. The Hall–Kier alpha value is -0.740. The Morgan fingerprint density at radius 1 is 1.53 bits per heavy atom. The first-order chi connectivity index (χ1) is 7.13. The predicted molar refractivity (Wildman–Crippen MR) is 58.7 cm³/mol. The fourth-order valence-electron chi connectivity index (χ4n) is 2.01. The van der Waals surface area contributed by atoms with Gasteiger partial charge in [0, 0.05) is 16.2 Å². The molecular formula is C11H14FNOS. The molecule has 0 saturated heterocycles. The van der Waals surface area contributed by atoms with Crippen LogP contribution in [-0.4, -0.2) is 16.5 Å². The summed E-state index contributed by atoms with van der Waals surface area (Å²) in [5.41, 5.74) is 0.842. The highest BCUT2D eigenvalue weighted by molar-refractivity contribution is 7.85. The second-order valence-corrected chi connectivity index (χ2v) is 5.71. The smallest absolute Gasteiger partial charge is 0.123 e. The molecule has 0 aliphatic carbocycles. The van der Waals surface area contributed by atoms with Crippen molar-refractivity contribution < 1.29 is 8.60 Å². The molecule has 3 unspecified atom stereocenters. The van der Waals surface area contributed by atoms with Crippen LogP contribution in [0, 0.1) is 5.82 Å². The van der Waals surface area contributed by atoms with Gasteiger partial charge in [-0.15, -0.1) is 0 Å². The highest BCUT2D eigenvalue weighted by Crippen LogP contribution is 2.33. The maximum Gasteiger partial charge on any atom is 0.123 e. The molecule has 1 aliphatic heterocycles. The van der Waals surface area contributed by atoms with Crippen molar-refractivity contribution in [2.45, 2.75) is 29.5 Å². The number of benzene rings is 1. The molecule has 3 atom stereocenters. The number of rotatable bonds is 1. The molecule has 0 spiro atoms. The molecule has 1 N–H and O–H groups in total. The zero-order chi connectivity index (χ0) is 11.0. The Bertz CT molecular complexity index is 408. The van der Waals surface area contributed by atoms with E-state index in [1.807, 2.05) is 14.0 Å². The molecular weight excluding hydrogens is 213 g/mol. The van der Waals surface area contributed by atoms with Crippen LogP contribution in [0.25, 0.3) is 0 Å². The lowest BCUT2D eigenvalue weighted by Crippen LogP contribution is -2.29. The summed E-state index contributed by atoms with van der Waals surface area (Å²) in [7, 11) is 0.850. The summed E-state index contributed by atoms with van der Waals surface area (Å²) in [6.45, 7) is 1.97. The Morgan fingerprint density at radius 2 is 2.27 bits per heavy atom. The zero-order valence-corrected chi connectivity index (χ0v) is 9.60. The van der Waals surface area contributed by atoms with E-state index in [-0.39, 0.29) is 17.1 Å². The molecule has 82 valence electrons. The second kappa shape index (κ2) is 4.02. The van der Waals surface area contributed by atoms with Crippen LogP contribution in [-0.2, 0) is 10.8 Å². The van der Waals surface area contributed by atoms with Crippen LogP contribution in [0.15, 0.2) is 23.1 Å². The van der Waals surface area contributed by atoms with Crippen molar-refractivity contribution in [2.24, 2.45) is 0 Å². The van der Waals surface area contributed by atoms with Gasteiger partial charge in [0.05, 0.1) is 10.8 Å². The molecule has 1 aliphatic rings. The summed E-state index contributed by atoms with van der Waals surface area (Å²) in [4.78, 5) is 0.773. The summed E-state index contributed by atoms with van der Waals surface area (Å²) >= 11 is 0. The average Bonchev–Trinajstić information content (AvgIpc) is 2.23. The third kappa shape index (κ3) is 1.84. The quantitative estimate of drug-likeness (QED) is 0.795. The summed E-state index contributed by atoms with van der Waals surface area (Å²) in [5, 5.41) is 3.26. The van der Waals surface area contributed by atoms with Crippen LogP contribution in [0.1, 0.15) is 24.9 Å². The van der Waals surface area contributed by atoms with E-state index in [0.29, 0.717) is 0 Å². The van der Waals surface area contributed by atoms with Crippen molar-refractivity contribution in [3.63, 3.8) is 0 Å². The fraction of sp³-hybridized carbons (Fsp3) is 0.455. The minimum Gasteiger partial charge on any atom is -0.313 e. The maximum absolute atomic E-state index is 13.1. The lowest BCUT2D eigenvalue weighted by molar-refractivity contribution is 0.512. The molecule has 1 aromatic rings.